The number of hydrogen-bond acceptors (Lipinski definition) is 3. The molecule has 1 rings (SSSR count). The summed E-state index contributed by atoms with van der Waals surface area (Å²) in [5.41, 5.74) is 6.42. The molecule has 0 radical (unpaired) electrons. The number of anilines is 1. The maximum absolute atomic E-state index is 11.6. The molecule has 3 N–H and O–H groups in total. The Balaban J connectivity index is 2.45. The molecular formula is C11H16ClN3O. The van der Waals surface area contributed by atoms with E-state index in [0.717, 1.165) is 12.8 Å². The first-order valence-corrected chi connectivity index (χ1v) is 5.66. The summed E-state index contributed by atoms with van der Waals surface area (Å²) in [6.07, 6.45) is 3.71. The van der Waals surface area contributed by atoms with E-state index in [2.05, 4.69) is 10.3 Å². The zero-order valence-electron chi connectivity index (χ0n) is 9.24. The Bertz CT molecular complexity index is 357. The van der Waals surface area contributed by atoms with Crippen molar-refractivity contribution in [2.75, 3.05) is 5.32 Å². The maximum atomic E-state index is 11.6. The van der Waals surface area contributed by atoms with Crippen LogP contribution in [0.5, 0.6) is 0 Å². The third-order valence-corrected chi connectivity index (χ3v) is 2.32. The Morgan fingerprint density at radius 2 is 2.44 bits per heavy atom. The Kier molecular flexibility index (Phi) is 5.22. The number of carbonyl (C=O) groups excluding carboxylic acids is 1. The molecule has 0 aromatic carbocycles. The van der Waals surface area contributed by atoms with Gasteiger partial charge >= 0.3 is 0 Å². The molecule has 0 aliphatic carbocycles. The van der Waals surface area contributed by atoms with Crippen LogP contribution in [0.1, 0.15) is 26.2 Å². The van der Waals surface area contributed by atoms with Gasteiger partial charge in [0, 0.05) is 24.3 Å². The summed E-state index contributed by atoms with van der Waals surface area (Å²) in [5.74, 6) is -0.0942. The second-order valence-corrected chi connectivity index (χ2v) is 4.06. The SMILES string of the molecule is CCCC(N)CC(=O)Nc1ccnc(Cl)c1. The van der Waals surface area contributed by atoms with Crippen molar-refractivity contribution in [3.63, 3.8) is 0 Å². The third-order valence-electron chi connectivity index (χ3n) is 2.12. The van der Waals surface area contributed by atoms with Crippen LogP contribution in [0.15, 0.2) is 18.3 Å². The van der Waals surface area contributed by atoms with Gasteiger partial charge in [0.25, 0.3) is 0 Å². The Morgan fingerprint density at radius 3 is 3.06 bits per heavy atom. The fraction of sp³-hybridized carbons (Fsp3) is 0.455. The number of nitrogens with two attached hydrogens (primary N) is 1. The van der Waals surface area contributed by atoms with E-state index in [1.165, 1.54) is 0 Å². The third kappa shape index (κ3) is 4.59. The van der Waals surface area contributed by atoms with E-state index in [1.54, 1.807) is 18.3 Å². The molecule has 88 valence electrons. The van der Waals surface area contributed by atoms with Crippen molar-refractivity contribution in [2.45, 2.75) is 32.2 Å². The van der Waals surface area contributed by atoms with E-state index in [1.807, 2.05) is 6.92 Å². The van der Waals surface area contributed by atoms with Gasteiger partial charge in [0.2, 0.25) is 5.91 Å². The average molecular weight is 242 g/mol. The summed E-state index contributed by atoms with van der Waals surface area (Å²) in [7, 11) is 0. The van der Waals surface area contributed by atoms with E-state index >= 15 is 0 Å². The molecule has 1 aromatic heterocycles. The fourth-order valence-electron chi connectivity index (χ4n) is 1.40. The van der Waals surface area contributed by atoms with Gasteiger partial charge in [-0.1, -0.05) is 24.9 Å². The number of carbonyl (C=O) groups is 1. The molecule has 0 spiro atoms. The molecule has 1 amide bonds. The van der Waals surface area contributed by atoms with Crippen LogP contribution in [-0.4, -0.2) is 16.9 Å². The minimum Gasteiger partial charge on any atom is -0.327 e. The molecule has 1 heterocycles. The highest BCUT2D eigenvalue weighted by Crippen LogP contribution is 2.12. The molecule has 0 aliphatic heterocycles. The van der Waals surface area contributed by atoms with Crippen molar-refractivity contribution in [2.24, 2.45) is 5.73 Å². The zero-order valence-corrected chi connectivity index (χ0v) is 10.00. The molecule has 0 aliphatic rings. The highest BCUT2D eigenvalue weighted by molar-refractivity contribution is 6.29. The zero-order chi connectivity index (χ0) is 12.0. The van der Waals surface area contributed by atoms with Gasteiger partial charge < -0.3 is 11.1 Å². The molecule has 16 heavy (non-hydrogen) atoms. The topological polar surface area (TPSA) is 68.0 Å². The van der Waals surface area contributed by atoms with Gasteiger partial charge in [-0.3, -0.25) is 4.79 Å². The van der Waals surface area contributed by atoms with Crippen molar-refractivity contribution in [1.29, 1.82) is 0 Å². The number of hydrogen-bond donors (Lipinski definition) is 2. The lowest BCUT2D eigenvalue weighted by molar-refractivity contribution is -0.116. The minimum atomic E-state index is -0.0942. The van der Waals surface area contributed by atoms with Crippen LogP contribution < -0.4 is 11.1 Å². The number of aromatic nitrogens is 1. The smallest absolute Gasteiger partial charge is 0.225 e. The molecule has 1 aromatic rings. The number of amides is 1. The number of halogens is 1. The predicted molar refractivity (Wildman–Crippen MR) is 65.4 cm³/mol. The van der Waals surface area contributed by atoms with Crippen LogP contribution in [0.25, 0.3) is 0 Å². The number of nitrogens with one attached hydrogen (secondary N) is 1. The van der Waals surface area contributed by atoms with Crippen LogP contribution in [0.3, 0.4) is 0 Å². The van der Waals surface area contributed by atoms with Crippen molar-refractivity contribution in [1.82, 2.24) is 4.98 Å². The van der Waals surface area contributed by atoms with E-state index in [4.69, 9.17) is 17.3 Å². The van der Waals surface area contributed by atoms with E-state index in [-0.39, 0.29) is 11.9 Å². The highest BCUT2D eigenvalue weighted by atomic mass is 35.5. The maximum Gasteiger partial charge on any atom is 0.225 e. The molecule has 5 heteroatoms. The molecule has 0 bridgehead atoms. The van der Waals surface area contributed by atoms with Crippen LogP contribution in [-0.2, 0) is 4.79 Å². The first-order chi connectivity index (χ1) is 7.61. The lowest BCUT2D eigenvalue weighted by Crippen LogP contribution is -2.26. The number of rotatable bonds is 5. The summed E-state index contributed by atoms with van der Waals surface area (Å²) in [4.78, 5) is 15.4. The largest absolute Gasteiger partial charge is 0.327 e. The van der Waals surface area contributed by atoms with Crippen LogP contribution in [0.4, 0.5) is 5.69 Å². The summed E-state index contributed by atoms with van der Waals surface area (Å²) >= 11 is 5.70. The molecule has 0 saturated carbocycles. The van der Waals surface area contributed by atoms with Crippen molar-refractivity contribution < 1.29 is 4.79 Å². The monoisotopic (exact) mass is 241 g/mol. The molecule has 1 unspecified atom stereocenters. The van der Waals surface area contributed by atoms with Gasteiger partial charge in [0.15, 0.2) is 0 Å². The second kappa shape index (κ2) is 6.45. The van der Waals surface area contributed by atoms with E-state index in [0.29, 0.717) is 17.3 Å². The highest BCUT2D eigenvalue weighted by Gasteiger charge is 2.08. The van der Waals surface area contributed by atoms with Crippen molar-refractivity contribution in [3.8, 4) is 0 Å². The molecule has 0 saturated heterocycles. The standard InChI is InChI=1S/C11H16ClN3O/c1-2-3-8(13)6-11(16)15-9-4-5-14-10(12)7-9/h4-5,7-8H,2-3,6,13H2,1H3,(H,14,15,16). The van der Waals surface area contributed by atoms with Crippen molar-refractivity contribution in [3.05, 3.63) is 23.5 Å². The van der Waals surface area contributed by atoms with Gasteiger partial charge in [-0.2, -0.15) is 0 Å². The predicted octanol–water partition coefficient (Wildman–Crippen LogP) is 2.19. The molecular weight excluding hydrogens is 226 g/mol. The number of pyridine rings is 1. The quantitative estimate of drug-likeness (QED) is 0.777. The first kappa shape index (κ1) is 12.9. The van der Waals surface area contributed by atoms with Gasteiger partial charge in [-0.15, -0.1) is 0 Å². The minimum absolute atomic E-state index is 0.0812. The van der Waals surface area contributed by atoms with Crippen LogP contribution >= 0.6 is 11.6 Å². The lowest BCUT2D eigenvalue weighted by Gasteiger charge is -2.10. The Labute approximate surface area is 100 Å². The molecule has 1 atom stereocenters. The molecule has 4 nitrogen and oxygen atoms in total. The second-order valence-electron chi connectivity index (χ2n) is 3.67. The van der Waals surface area contributed by atoms with Gasteiger partial charge in [-0.05, 0) is 18.6 Å². The summed E-state index contributed by atoms with van der Waals surface area (Å²) in [6.45, 7) is 2.04. The van der Waals surface area contributed by atoms with Gasteiger partial charge in [-0.25, -0.2) is 4.98 Å². The van der Waals surface area contributed by atoms with Gasteiger partial charge in [0.05, 0.1) is 0 Å². The van der Waals surface area contributed by atoms with Gasteiger partial charge in [0.1, 0.15) is 5.15 Å². The average Bonchev–Trinajstić information content (AvgIpc) is 2.17. The lowest BCUT2D eigenvalue weighted by atomic mass is 10.1. The summed E-state index contributed by atoms with van der Waals surface area (Å²) in [6, 6.07) is 3.21. The van der Waals surface area contributed by atoms with Crippen LogP contribution in [0.2, 0.25) is 5.15 Å². The fourth-order valence-corrected chi connectivity index (χ4v) is 1.58. The van der Waals surface area contributed by atoms with E-state index in [9.17, 15) is 4.79 Å². The Morgan fingerprint density at radius 1 is 1.69 bits per heavy atom. The van der Waals surface area contributed by atoms with Crippen molar-refractivity contribution >= 4 is 23.2 Å². The van der Waals surface area contributed by atoms with Crippen LogP contribution in [0, 0.1) is 0 Å². The number of nitrogens with zero attached hydrogens (tertiary/aromatic N) is 1. The Hall–Kier alpha value is -1.13. The first-order valence-electron chi connectivity index (χ1n) is 5.28. The molecule has 0 fully saturated rings. The van der Waals surface area contributed by atoms with E-state index < -0.39 is 0 Å². The summed E-state index contributed by atoms with van der Waals surface area (Å²) in [5, 5.41) is 3.09. The normalized spacial score (nSPS) is 12.2. The summed E-state index contributed by atoms with van der Waals surface area (Å²) < 4.78 is 0.